The zero-order chi connectivity index (χ0) is 37.3. The number of alkyl halides is 4. The number of nitrogens with zero attached hydrogens (tertiary/aromatic N) is 4. The minimum Gasteiger partial charge on any atom is -0.433 e. The Hall–Kier alpha value is -4.46. The van der Waals surface area contributed by atoms with Crippen molar-refractivity contribution in [2.75, 3.05) is 0 Å². The first kappa shape index (κ1) is 36.9. The number of aromatic nitrogens is 4. The van der Waals surface area contributed by atoms with Gasteiger partial charge in [0.2, 0.25) is 0 Å². The molecule has 0 spiro atoms. The van der Waals surface area contributed by atoms with Crippen LogP contribution in [0.25, 0.3) is 63.8 Å². The standard InChI is InChI=1S/C40H36F4N4O2S3/c1-5-21-39(41,42)49-25-13-9-23(10-14-25)29-17-19-31(51-29)33-35-36(46-28(8-4)27(7-3)45-35)34(38-37(33)47-53-48-38)32-20-18-30(52-32)24-11-15-26(16-12-24)50-40(43,44)22-6-2/h9-20H,5-8,21-22H2,1-4H3. The molecule has 0 amide bonds. The maximum absolute atomic E-state index is 14.1. The Morgan fingerprint density at radius 1 is 0.509 bits per heavy atom. The van der Waals surface area contributed by atoms with Crippen LogP contribution in [0.1, 0.15) is 64.8 Å². The van der Waals surface area contributed by atoms with Gasteiger partial charge in [0.05, 0.1) is 36.0 Å². The zero-order valence-electron chi connectivity index (χ0n) is 29.5. The third-order valence-electron chi connectivity index (χ3n) is 8.76. The number of rotatable bonds is 14. The Morgan fingerprint density at radius 2 is 0.887 bits per heavy atom. The van der Waals surface area contributed by atoms with Crippen molar-refractivity contribution in [3.8, 4) is 53.3 Å². The molecular weight excluding hydrogens is 741 g/mol. The maximum atomic E-state index is 14.1. The molecule has 0 aliphatic heterocycles. The molecule has 0 fully saturated rings. The lowest BCUT2D eigenvalue weighted by atomic mass is 10.0. The van der Waals surface area contributed by atoms with Crippen LogP contribution in [-0.4, -0.2) is 30.9 Å². The molecule has 53 heavy (non-hydrogen) atoms. The molecule has 4 aromatic heterocycles. The van der Waals surface area contributed by atoms with Crippen LogP contribution in [-0.2, 0) is 12.8 Å². The van der Waals surface area contributed by atoms with E-state index in [1.807, 2.05) is 24.3 Å². The molecule has 0 saturated carbocycles. The second kappa shape index (κ2) is 15.1. The zero-order valence-corrected chi connectivity index (χ0v) is 32.0. The molecule has 0 radical (unpaired) electrons. The Morgan fingerprint density at radius 3 is 1.25 bits per heavy atom. The highest BCUT2D eigenvalue weighted by atomic mass is 32.1. The number of benzene rings is 3. The molecule has 13 heteroatoms. The van der Waals surface area contributed by atoms with Crippen molar-refractivity contribution >= 4 is 56.5 Å². The SMILES string of the molecule is CCCC(F)(F)Oc1ccc(-c2ccc(-c3c4nsnc4c(-c4ccc(-c5ccc(OC(F)(F)CCC)cc5)s4)c4nc(CC)c(CC)nc34)s2)cc1. The first-order chi connectivity index (χ1) is 25.5. The second-order valence-electron chi connectivity index (χ2n) is 12.6. The molecule has 0 saturated heterocycles. The number of thiophene rings is 2. The first-order valence-electron chi connectivity index (χ1n) is 17.6. The lowest BCUT2D eigenvalue weighted by Crippen LogP contribution is -2.24. The fourth-order valence-electron chi connectivity index (χ4n) is 6.29. The summed E-state index contributed by atoms with van der Waals surface area (Å²) in [6.07, 6.45) is -5.08. The minimum atomic E-state index is -3.22. The van der Waals surface area contributed by atoms with E-state index < -0.39 is 12.2 Å². The highest BCUT2D eigenvalue weighted by Crippen LogP contribution is 2.47. The Balaban J connectivity index is 1.29. The molecule has 0 atom stereocenters. The predicted molar refractivity (Wildman–Crippen MR) is 208 cm³/mol. The molecular formula is C40H36F4N4O2S3. The molecule has 274 valence electrons. The fourth-order valence-corrected chi connectivity index (χ4v) is 8.96. The van der Waals surface area contributed by atoms with Gasteiger partial charge in [-0.25, -0.2) is 9.97 Å². The van der Waals surface area contributed by atoms with Gasteiger partial charge in [-0.15, -0.1) is 22.7 Å². The summed E-state index contributed by atoms with van der Waals surface area (Å²) in [5, 5.41) is 0. The van der Waals surface area contributed by atoms with Crippen LogP contribution in [0.2, 0.25) is 0 Å². The highest BCUT2D eigenvalue weighted by Gasteiger charge is 2.31. The topological polar surface area (TPSA) is 70.0 Å². The van der Waals surface area contributed by atoms with E-state index >= 15 is 0 Å². The van der Waals surface area contributed by atoms with E-state index in [0.717, 1.165) is 86.9 Å². The van der Waals surface area contributed by atoms with Crippen molar-refractivity contribution in [2.24, 2.45) is 0 Å². The summed E-state index contributed by atoms with van der Waals surface area (Å²) in [5.41, 5.74) is 8.17. The van der Waals surface area contributed by atoms with Gasteiger partial charge < -0.3 is 9.47 Å². The van der Waals surface area contributed by atoms with Crippen LogP contribution in [0, 0.1) is 0 Å². The molecule has 4 heterocycles. The molecule has 7 rings (SSSR count). The van der Waals surface area contributed by atoms with E-state index in [1.54, 1.807) is 85.1 Å². The van der Waals surface area contributed by atoms with E-state index in [-0.39, 0.29) is 24.3 Å². The molecule has 6 nitrogen and oxygen atoms in total. The number of ether oxygens (including phenoxy) is 2. The van der Waals surface area contributed by atoms with Crippen LogP contribution < -0.4 is 9.47 Å². The molecule has 7 aromatic rings. The number of fused-ring (bicyclic) bond motifs is 2. The molecule has 3 aromatic carbocycles. The third kappa shape index (κ3) is 7.65. The largest absolute Gasteiger partial charge is 0.433 e. The monoisotopic (exact) mass is 776 g/mol. The molecule has 0 aliphatic rings. The van der Waals surface area contributed by atoms with E-state index in [9.17, 15) is 17.6 Å². The summed E-state index contributed by atoms with van der Waals surface area (Å²) in [4.78, 5) is 14.2. The predicted octanol–water partition coefficient (Wildman–Crippen LogP) is 13.1. The average molecular weight is 777 g/mol. The fraction of sp³-hybridized carbons (Fsp3) is 0.300. The van der Waals surface area contributed by atoms with E-state index in [1.165, 1.54) is 0 Å². The summed E-state index contributed by atoms with van der Waals surface area (Å²) >= 11 is 4.25. The quantitative estimate of drug-likeness (QED) is 0.102. The normalized spacial score (nSPS) is 12.2. The lowest BCUT2D eigenvalue weighted by Gasteiger charge is -2.17. The smallest absolute Gasteiger partial charge is 0.397 e. The molecule has 0 aliphatic carbocycles. The Bertz CT molecular complexity index is 2210. The highest BCUT2D eigenvalue weighted by molar-refractivity contribution is 7.19. The maximum Gasteiger partial charge on any atom is 0.397 e. The van der Waals surface area contributed by atoms with Gasteiger partial charge >= 0.3 is 12.2 Å². The average Bonchev–Trinajstić information content (AvgIpc) is 3.92. The summed E-state index contributed by atoms with van der Waals surface area (Å²) in [5.74, 6) is 0.231. The van der Waals surface area contributed by atoms with Crippen molar-refractivity contribution in [3.05, 3.63) is 84.2 Å². The van der Waals surface area contributed by atoms with Gasteiger partial charge in [-0.3, -0.25) is 0 Å². The summed E-state index contributed by atoms with van der Waals surface area (Å²) < 4.78 is 75.8. The van der Waals surface area contributed by atoms with Crippen molar-refractivity contribution in [1.29, 1.82) is 0 Å². The van der Waals surface area contributed by atoms with Crippen molar-refractivity contribution in [3.63, 3.8) is 0 Å². The molecule has 0 unspecified atom stereocenters. The number of hydrogen-bond acceptors (Lipinski definition) is 9. The van der Waals surface area contributed by atoms with Crippen LogP contribution in [0.3, 0.4) is 0 Å². The van der Waals surface area contributed by atoms with Crippen LogP contribution >= 0.6 is 34.4 Å². The third-order valence-corrected chi connectivity index (χ3v) is 11.6. The van der Waals surface area contributed by atoms with Crippen LogP contribution in [0.15, 0.2) is 72.8 Å². The summed E-state index contributed by atoms with van der Waals surface area (Å²) in [6, 6.07) is 21.5. The van der Waals surface area contributed by atoms with E-state index in [0.29, 0.717) is 25.7 Å². The lowest BCUT2D eigenvalue weighted by molar-refractivity contribution is -0.181. The van der Waals surface area contributed by atoms with Gasteiger partial charge in [-0.05, 0) is 110 Å². The number of halogens is 4. The van der Waals surface area contributed by atoms with Crippen LogP contribution in [0.5, 0.6) is 11.5 Å². The molecule has 0 bridgehead atoms. The van der Waals surface area contributed by atoms with Gasteiger partial charge in [-0.1, -0.05) is 27.7 Å². The Kier molecular flexibility index (Phi) is 10.5. The van der Waals surface area contributed by atoms with Crippen molar-refractivity contribution in [2.45, 2.75) is 78.4 Å². The van der Waals surface area contributed by atoms with E-state index in [2.05, 4.69) is 13.8 Å². The van der Waals surface area contributed by atoms with Gasteiger partial charge in [0.15, 0.2) is 0 Å². The van der Waals surface area contributed by atoms with Gasteiger partial charge in [0.1, 0.15) is 33.6 Å². The summed E-state index contributed by atoms with van der Waals surface area (Å²) in [7, 11) is 0. The van der Waals surface area contributed by atoms with Crippen molar-refractivity contribution in [1.82, 2.24) is 18.7 Å². The van der Waals surface area contributed by atoms with Gasteiger partial charge in [0.25, 0.3) is 0 Å². The summed E-state index contributed by atoms with van der Waals surface area (Å²) in [6.45, 7) is 7.53. The van der Waals surface area contributed by atoms with Gasteiger partial charge in [-0.2, -0.15) is 26.3 Å². The van der Waals surface area contributed by atoms with Gasteiger partial charge in [0, 0.05) is 30.6 Å². The minimum absolute atomic E-state index is 0.116. The van der Waals surface area contributed by atoms with Crippen LogP contribution in [0.4, 0.5) is 17.6 Å². The van der Waals surface area contributed by atoms with Crippen molar-refractivity contribution < 1.29 is 27.0 Å². The number of hydrogen-bond donors (Lipinski definition) is 0. The molecule has 0 N–H and O–H groups in total. The second-order valence-corrected chi connectivity index (χ2v) is 15.3. The first-order valence-corrected chi connectivity index (χ1v) is 19.9. The Labute approximate surface area is 316 Å². The van der Waals surface area contributed by atoms with E-state index in [4.69, 9.17) is 28.2 Å². The number of aryl methyl sites for hydroxylation is 2.